The second-order valence-electron chi connectivity index (χ2n) is 4.72. The Bertz CT molecular complexity index is 123. The summed E-state index contributed by atoms with van der Waals surface area (Å²) in [5.74, 6) is 0. The lowest BCUT2D eigenvalue weighted by atomic mass is 9.51. The normalized spacial score (nSPS) is 26.2. The summed E-state index contributed by atoms with van der Waals surface area (Å²) in [6, 6.07) is 0. The molecule has 0 heteroatoms. The molecule has 0 spiro atoms. The van der Waals surface area contributed by atoms with Crippen molar-refractivity contribution in [1.82, 2.24) is 0 Å². The second kappa shape index (κ2) is 2.80. The topological polar surface area (TPSA) is 0 Å². The molecule has 0 atom stereocenters. The van der Waals surface area contributed by atoms with Gasteiger partial charge in [0.2, 0.25) is 0 Å². The molecule has 0 aromatic carbocycles. The van der Waals surface area contributed by atoms with Crippen molar-refractivity contribution in [3.8, 4) is 0 Å². The lowest BCUT2D eigenvalue weighted by molar-refractivity contribution is -0.0360. The van der Waals surface area contributed by atoms with Gasteiger partial charge in [-0.2, -0.15) is 0 Å². The summed E-state index contributed by atoms with van der Waals surface area (Å²) >= 11 is 0. The first-order valence-corrected chi connectivity index (χ1v) is 5.10. The lowest BCUT2D eigenvalue weighted by Gasteiger charge is -2.54. The highest BCUT2D eigenvalue weighted by molar-refractivity contribution is 4.98. The van der Waals surface area contributed by atoms with E-state index in [1.54, 1.807) is 0 Å². The van der Waals surface area contributed by atoms with Crippen LogP contribution < -0.4 is 0 Å². The predicted molar refractivity (Wildman–Crippen MR) is 50.6 cm³/mol. The molecule has 0 saturated heterocycles. The summed E-state index contributed by atoms with van der Waals surface area (Å²) in [5, 5.41) is 0. The van der Waals surface area contributed by atoms with E-state index in [2.05, 4.69) is 27.7 Å². The Kier molecular flexibility index (Phi) is 2.32. The van der Waals surface area contributed by atoms with Gasteiger partial charge >= 0.3 is 0 Å². The Morgan fingerprint density at radius 1 is 0.909 bits per heavy atom. The molecule has 1 aliphatic carbocycles. The molecule has 0 bridgehead atoms. The minimum absolute atomic E-state index is 0.700. The monoisotopic (exact) mass is 154 g/mol. The maximum Gasteiger partial charge on any atom is -0.0292 e. The van der Waals surface area contributed by atoms with E-state index >= 15 is 0 Å². The molecule has 1 saturated carbocycles. The van der Waals surface area contributed by atoms with Gasteiger partial charge in [-0.3, -0.25) is 0 Å². The van der Waals surface area contributed by atoms with Crippen LogP contribution in [0.25, 0.3) is 0 Å². The second-order valence-corrected chi connectivity index (χ2v) is 4.72. The molecule has 11 heavy (non-hydrogen) atoms. The van der Waals surface area contributed by atoms with Crippen molar-refractivity contribution >= 4 is 0 Å². The van der Waals surface area contributed by atoms with Crippen LogP contribution in [-0.4, -0.2) is 0 Å². The van der Waals surface area contributed by atoms with Crippen LogP contribution in [0.1, 0.15) is 59.8 Å². The maximum atomic E-state index is 2.44. The van der Waals surface area contributed by atoms with Crippen molar-refractivity contribution in [2.24, 2.45) is 10.8 Å². The number of hydrogen-bond acceptors (Lipinski definition) is 0. The summed E-state index contributed by atoms with van der Waals surface area (Å²) in [7, 11) is 0. The van der Waals surface area contributed by atoms with Crippen molar-refractivity contribution in [2.45, 2.75) is 59.8 Å². The summed E-state index contributed by atoms with van der Waals surface area (Å²) in [4.78, 5) is 0. The third-order valence-electron chi connectivity index (χ3n) is 3.96. The van der Waals surface area contributed by atoms with E-state index < -0.39 is 0 Å². The third kappa shape index (κ3) is 1.45. The van der Waals surface area contributed by atoms with Gasteiger partial charge in [-0.05, 0) is 23.7 Å². The quantitative estimate of drug-likeness (QED) is 0.576. The molecule has 0 aliphatic heterocycles. The Labute approximate surface area is 71.4 Å². The zero-order valence-corrected chi connectivity index (χ0v) is 8.54. The van der Waals surface area contributed by atoms with Crippen LogP contribution in [0.4, 0.5) is 0 Å². The zero-order chi connectivity index (χ0) is 8.54. The highest BCUT2D eigenvalue weighted by atomic mass is 14.5. The van der Waals surface area contributed by atoms with E-state index in [4.69, 9.17) is 0 Å². The van der Waals surface area contributed by atoms with Crippen molar-refractivity contribution in [3.05, 3.63) is 0 Å². The first-order valence-electron chi connectivity index (χ1n) is 5.10. The van der Waals surface area contributed by atoms with Crippen molar-refractivity contribution < 1.29 is 0 Å². The fourth-order valence-electron chi connectivity index (χ4n) is 2.76. The molecule has 1 fully saturated rings. The predicted octanol–water partition coefficient (Wildman–Crippen LogP) is 4.00. The standard InChI is InChI=1S/C11H22/c1-5-10(4)8-11(6-2,7-3)9-10/h5-9H2,1-4H3. The molecule has 0 N–H and O–H groups in total. The molecule has 0 unspecified atom stereocenters. The van der Waals surface area contributed by atoms with E-state index in [9.17, 15) is 0 Å². The van der Waals surface area contributed by atoms with Crippen LogP contribution in [0.3, 0.4) is 0 Å². The van der Waals surface area contributed by atoms with Crippen molar-refractivity contribution in [2.75, 3.05) is 0 Å². The Balaban J connectivity index is 2.47. The molecule has 0 aromatic heterocycles. The molecule has 66 valence electrons. The Hall–Kier alpha value is 0. The molecular formula is C11H22. The Morgan fingerprint density at radius 2 is 1.36 bits per heavy atom. The molecule has 0 amide bonds. The Morgan fingerprint density at radius 3 is 1.64 bits per heavy atom. The van der Waals surface area contributed by atoms with E-state index in [-0.39, 0.29) is 0 Å². The zero-order valence-electron chi connectivity index (χ0n) is 8.54. The molecule has 1 aliphatic rings. The van der Waals surface area contributed by atoms with E-state index in [1.165, 1.54) is 32.1 Å². The fraction of sp³-hybridized carbons (Fsp3) is 1.00. The van der Waals surface area contributed by atoms with Gasteiger partial charge in [0.05, 0.1) is 0 Å². The minimum atomic E-state index is 0.700. The van der Waals surface area contributed by atoms with Gasteiger partial charge in [0.15, 0.2) is 0 Å². The minimum Gasteiger partial charge on any atom is -0.0649 e. The van der Waals surface area contributed by atoms with Crippen molar-refractivity contribution in [1.29, 1.82) is 0 Å². The largest absolute Gasteiger partial charge is 0.0649 e. The van der Waals surface area contributed by atoms with Gasteiger partial charge in [-0.15, -0.1) is 0 Å². The average Bonchev–Trinajstić information content (AvgIpc) is 1.98. The summed E-state index contributed by atoms with van der Waals surface area (Å²) in [6.45, 7) is 9.46. The SMILES string of the molecule is CCC1(C)CC(CC)(CC)C1. The van der Waals surface area contributed by atoms with Crippen molar-refractivity contribution in [3.63, 3.8) is 0 Å². The summed E-state index contributed by atoms with van der Waals surface area (Å²) in [5.41, 5.74) is 1.44. The average molecular weight is 154 g/mol. The van der Waals surface area contributed by atoms with Gasteiger partial charge in [0.25, 0.3) is 0 Å². The molecular weight excluding hydrogens is 132 g/mol. The van der Waals surface area contributed by atoms with Gasteiger partial charge in [0, 0.05) is 0 Å². The van der Waals surface area contributed by atoms with Gasteiger partial charge in [-0.25, -0.2) is 0 Å². The highest BCUT2D eigenvalue weighted by Crippen LogP contribution is 2.59. The van der Waals surface area contributed by atoms with E-state index in [1.807, 2.05) is 0 Å². The van der Waals surface area contributed by atoms with Crippen LogP contribution in [0, 0.1) is 10.8 Å². The van der Waals surface area contributed by atoms with Crippen LogP contribution in [0.2, 0.25) is 0 Å². The lowest BCUT2D eigenvalue weighted by Crippen LogP contribution is -2.43. The number of hydrogen-bond donors (Lipinski definition) is 0. The molecule has 0 radical (unpaired) electrons. The molecule has 0 nitrogen and oxygen atoms in total. The van der Waals surface area contributed by atoms with Gasteiger partial charge < -0.3 is 0 Å². The van der Waals surface area contributed by atoms with E-state index in [0.29, 0.717) is 5.41 Å². The summed E-state index contributed by atoms with van der Waals surface area (Å²) in [6.07, 6.45) is 7.10. The third-order valence-corrected chi connectivity index (χ3v) is 3.96. The molecule has 1 rings (SSSR count). The van der Waals surface area contributed by atoms with E-state index in [0.717, 1.165) is 5.41 Å². The van der Waals surface area contributed by atoms with Gasteiger partial charge in [0.1, 0.15) is 0 Å². The molecule has 0 heterocycles. The first-order chi connectivity index (χ1) is 5.10. The fourth-order valence-corrected chi connectivity index (χ4v) is 2.76. The van der Waals surface area contributed by atoms with Crippen LogP contribution in [-0.2, 0) is 0 Å². The van der Waals surface area contributed by atoms with Crippen LogP contribution >= 0.6 is 0 Å². The smallest absolute Gasteiger partial charge is 0.0292 e. The van der Waals surface area contributed by atoms with Crippen LogP contribution in [0.15, 0.2) is 0 Å². The first kappa shape index (κ1) is 9.09. The molecule has 0 aromatic rings. The van der Waals surface area contributed by atoms with Crippen LogP contribution in [0.5, 0.6) is 0 Å². The number of rotatable bonds is 3. The maximum absolute atomic E-state index is 2.44. The summed E-state index contributed by atoms with van der Waals surface area (Å²) < 4.78 is 0. The van der Waals surface area contributed by atoms with Gasteiger partial charge in [-0.1, -0.05) is 47.0 Å². The highest BCUT2D eigenvalue weighted by Gasteiger charge is 2.47.